The number of primary amides is 1. The predicted octanol–water partition coefficient (Wildman–Crippen LogP) is 1.05. The van der Waals surface area contributed by atoms with Gasteiger partial charge in [0.15, 0.2) is 0 Å². The van der Waals surface area contributed by atoms with Gasteiger partial charge in [-0.1, -0.05) is 32.6 Å². The van der Waals surface area contributed by atoms with Crippen LogP contribution in [0, 0.1) is 0 Å². The fourth-order valence-electron chi connectivity index (χ4n) is 1.32. The summed E-state index contributed by atoms with van der Waals surface area (Å²) >= 11 is 0. The van der Waals surface area contributed by atoms with Crippen molar-refractivity contribution in [3.05, 3.63) is 0 Å². The fourth-order valence-corrected chi connectivity index (χ4v) is 1.32. The number of hydrogen-bond acceptors (Lipinski definition) is 3. The number of unbranched alkanes of at least 4 members (excludes halogenated alkanes) is 4. The van der Waals surface area contributed by atoms with Crippen molar-refractivity contribution in [2.24, 2.45) is 5.73 Å². The average Bonchev–Trinajstić information content (AvgIpc) is 2.21. The molecular formula is C11H24N2O2. The molecule has 4 heteroatoms. The van der Waals surface area contributed by atoms with Gasteiger partial charge in [-0.05, 0) is 13.5 Å². The molecule has 0 aromatic carbocycles. The number of amides is 1. The summed E-state index contributed by atoms with van der Waals surface area (Å²) in [5.41, 5.74) is 5.15. The smallest absolute Gasteiger partial charge is 0.236 e. The van der Waals surface area contributed by atoms with Crippen LogP contribution < -0.4 is 11.1 Å². The molecule has 0 aliphatic heterocycles. The van der Waals surface area contributed by atoms with E-state index in [4.69, 9.17) is 10.5 Å². The summed E-state index contributed by atoms with van der Waals surface area (Å²) in [4.78, 5) is 10.8. The van der Waals surface area contributed by atoms with Gasteiger partial charge in [0, 0.05) is 6.61 Å². The third-order valence-corrected chi connectivity index (χ3v) is 2.37. The van der Waals surface area contributed by atoms with Crippen LogP contribution in [0.2, 0.25) is 0 Å². The molecule has 1 amide bonds. The molecule has 0 spiro atoms. The molecule has 0 aliphatic rings. The summed E-state index contributed by atoms with van der Waals surface area (Å²) in [6.07, 6.45) is 6.08. The Morgan fingerprint density at radius 1 is 1.33 bits per heavy atom. The highest BCUT2D eigenvalue weighted by Crippen LogP contribution is 2.02. The van der Waals surface area contributed by atoms with E-state index >= 15 is 0 Å². The van der Waals surface area contributed by atoms with Crippen LogP contribution in [0.25, 0.3) is 0 Å². The average molecular weight is 216 g/mol. The van der Waals surface area contributed by atoms with Crippen LogP contribution in [0.4, 0.5) is 0 Å². The summed E-state index contributed by atoms with van der Waals surface area (Å²) in [5.74, 6) is -0.358. The van der Waals surface area contributed by atoms with Gasteiger partial charge in [0.1, 0.15) is 6.04 Å². The molecule has 0 aromatic heterocycles. The number of carbonyl (C=O) groups is 1. The van der Waals surface area contributed by atoms with Crippen molar-refractivity contribution >= 4 is 5.91 Å². The number of nitrogens with one attached hydrogen (secondary N) is 1. The molecule has 0 radical (unpaired) electrons. The zero-order valence-electron chi connectivity index (χ0n) is 9.92. The lowest BCUT2D eigenvalue weighted by atomic mass is 10.2. The summed E-state index contributed by atoms with van der Waals surface area (Å²) in [6.45, 7) is 3.29. The molecule has 4 nitrogen and oxygen atoms in total. The predicted molar refractivity (Wildman–Crippen MR) is 61.6 cm³/mol. The van der Waals surface area contributed by atoms with Gasteiger partial charge in [0.05, 0.1) is 6.61 Å². The molecule has 0 bridgehead atoms. The normalized spacial score (nSPS) is 12.7. The Bertz CT molecular complexity index is 163. The second kappa shape index (κ2) is 9.93. The molecular weight excluding hydrogens is 192 g/mol. The maximum absolute atomic E-state index is 10.8. The van der Waals surface area contributed by atoms with Crippen molar-refractivity contribution < 1.29 is 9.53 Å². The van der Waals surface area contributed by atoms with E-state index in [1.54, 1.807) is 7.05 Å². The Balaban J connectivity index is 3.25. The zero-order chi connectivity index (χ0) is 11.5. The summed E-state index contributed by atoms with van der Waals surface area (Å²) in [5, 5.41) is 2.81. The topological polar surface area (TPSA) is 64.3 Å². The van der Waals surface area contributed by atoms with Gasteiger partial charge in [-0.25, -0.2) is 0 Å². The van der Waals surface area contributed by atoms with E-state index < -0.39 is 0 Å². The second-order valence-electron chi connectivity index (χ2n) is 3.73. The van der Waals surface area contributed by atoms with Gasteiger partial charge in [-0.3, -0.25) is 4.79 Å². The number of nitrogens with two attached hydrogens (primary N) is 1. The summed E-state index contributed by atoms with van der Waals surface area (Å²) < 4.78 is 5.36. The van der Waals surface area contributed by atoms with Gasteiger partial charge in [0.2, 0.25) is 5.91 Å². The van der Waals surface area contributed by atoms with Crippen LogP contribution in [0.3, 0.4) is 0 Å². The van der Waals surface area contributed by atoms with Crippen LogP contribution in [0.1, 0.15) is 39.0 Å². The van der Waals surface area contributed by atoms with Crippen molar-refractivity contribution in [3.63, 3.8) is 0 Å². The molecule has 3 N–H and O–H groups in total. The molecule has 0 saturated carbocycles. The molecule has 0 saturated heterocycles. The Hall–Kier alpha value is -0.610. The van der Waals surface area contributed by atoms with Gasteiger partial charge in [0.25, 0.3) is 0 Å². The third-order valence-electron chi connectivity index (χ3n) is 2.37. The van der Waals surface area contributed by atoms with Crippen molar-refractivity contribution in [1.29, 1.82) is 0 Å². The maximum Gasteiger partial charge on any atom is 0.236 e. The van der Waals surface area contributed by atoms with Crippen LogP contribution in [-0.2, 0) is 9.53 Å². The molecule has 0 rings (SSSR count). The lowest BCUT2D eigenvalue weighted by Crippen LogP contribution is -2.42. The summed E-state index contributed by atoms with van der Waals surface area (Å²) in [6, 6.07) is -0.361. The third kappa shape index (κ3) is 8.39. The van der Waals surface area contributed by atoms with E-state index in [9.17, 15) is 4.79 Å². The molecule has 1 atom stereocenters. The van der Waals surface area contributed by atoms with E-state index in [1.165, 1.54) is 25.7 Å². The molecule has 0 aromatic rings. The SMILES string of the molecule is CCCCCCCOCC(NC)C(N)=O. The Labute approximate surface area is 92.6 Å². The lowest BCUT2D eigenvalue weighted by molar-refractivity contribution is -0.121. The van der Waals surface area contributed by atoms with E-state index in [-0.39, 0.29) is 11.9 Å². The van der Waals surface area contributed by atoms with E-state index in [0.717, 1.165) is 13.0 Å². The molecule has 0 heterocycles. The van der Waals surface area contributed by atoms with Crippen LogP contribution in [-0.4, -0.2) is 32.2 Å². The van der Waals surface area contributed by atoms with Crippen LogP contribution in [0.15, 0.2) is 0 Å². The molecule has 90 valence electrons. The van der Waals surface area contributed by atoms with Crippen LogP contribution in [0.5, 0.6) is 0 Å². The highest BCUT2D eigenvalue weighted by Gasteiger charge is 2.11. The van der Waals surface area contributed by atoms with Crippen molar-refractivity contribution in [2.45, 2.75) is 45.1 Å². The highest BCUT2D eigenvalue weighted by atomic mass is 16.5. The van der Waals surface area contributed by atoms with Crippen molar-refractivity contribution in [2.75, 3.05) is 20.3 Å². The number of carbonyl (C=O) groups excluding carboxylic acids is 1. The molecule has 0 fully saturated rings. The second-order valence-corrected chi connectivity index (χ2v) is 3.73. The number of ether oxygens (including phenoxy) is 1. The number of rotatable bonds is 10. The van der Waals surface area contributed by atoms with Crippen molar-refractivity contribution in [1.82, 2.24) is 5.32 Å². The first kappa shape index (κ1) is 14.4. The Morgan fingerprint density at radius 3 is 2.53 bits per heavy atom. The zero-order valence-corrected chi connectivity index (χ0v) is 9.92. The molecule has 1 unspecified atom stereocenters. The molecule has 0 aliphatic carbocycles. The summed E-state index contributed by atoms with van der Waals surface area (Å²) in [7, 11) is 1.71. The monoisotopic (exact) mass is 216 g/mol. The largest absolute Gasteiger partial charge is 0.379 e. The van der Waals surface area contributed by atoms with Gasteiger partial charge >= 0.3 is 0 Å². The Kier molecular flexibility index (Phi) is 9.52. The minimum Gasteiger partial charge on any atom is -0.379 e. The Morgan fingerprint density at radius 2 is 2.00 bits per heavy atom. The van der Waals surface area contributed by atoms with E-state index in [1.807, 2.05) is 0 Å². The first-order valence-corrected chi connectivity index (χ1v) is 5.76. The highest BCUT2D eigenvalue weighted by molar-refractivity contribution is 5.79. The van der Waals surface area contributed by atoms with Crippen molar-refractivity contribution in [3.8, 4) is 0 Å². The van der Waals surface area contributed by atoms with E-state index in [0.29, 0.717) is 6.61 Å². The molecule has 15 heavy (non-hydrogen) atoms. The first-order valence-electron chi connectivity index (χ1n) is 5.76. The minimum absolute atomic E-state index is 0.358. The maximum atomic E-state index is 10.8. The number of hydrogen-bond donors (Lipinski definition) is 2. The van der Waals surface area contributed by atoms with Gasteiger partial charge in [-0.15, -0.1) is 0 Å². The first-order chi connectivity index (χ1) is 7.22. The fraction of sp³-hybridized carbons (Fsp3) is 0.909. The minimum atomic E-state index is -0.361. The quantitative estimate of drug-likeness (QED) is 0.536. The van der Waals surface area contributed by atoms with Crippen LogP contribution >= 0.6 is 0 Å². The standard InChI is InChI=1S/C11H24N2O2/c1-3-4-5-6-7-8-15-9-10(13-2)11(12)14/h10,13H,3-9H2,1-2H3,(H2,12,14). The van der Waals surface area contributed by atoms with Gasteiger partial charge in [-0.2, -0.15) is 0 Å². The lowest BCUT2D eigenvalue weighted by Gasteiger charge is -2.12. The van der Waals surface area contributed by atoms with E-state index in [2.05, 4.69) is 12.2 Å². The van der Waals surface area contributed by atoms with Gasteiger partial charge < -0.3 is 15.8 Å². The number of likely N-dealkylation sites (N-methyl/N-ethyl adjacent to an activating group) is 1.